The van der Waals surface area contributed by atoms with Crippen molar-refractivity contribution in [3.63, 3.8) is 0 Å². The SMILES string of the molecule is CCCCCCCC(CCCCCCC)OC(=O)CCCC(S)CCCC(=O)O. The maximum atomic E-state index is 12.3. The first kappa shape index (κ1) is 28.3. The van der Waals surface area contributed by atoms with Crippen LogP contribution in [0, 0.1) is 0 Å². The fourth-order valence-electron chi connectivity index (χ4n) is 3.57. The Morgan fingerprint density at radius 1 is 0.724 bits per heavy atom. The molecule has 1 unspecified atom stereocenters. The summed E-state index contributed by atoms with van der Waals surface area (Å²) >= 11 is 4.51. The number of rotatable bonds is 21. The average Bonchev–Trinajstić information content (AvgIpc) is 2.67. The maximum Gasteiger partial charge on any atom is 0.306 e. The highest BCUT2D eigenvalue weighted by Gasteiger charge is 2.15. The van der Waals surface area contributed by atoms with E-state index < -0.39 is 5.97 Å². The van der Waals surface area contributed by atoms with E-state index >= 15 is 0 Å². The Labute approximate surface area is 185 Å². The molecule has 0 saturated heterocycles. The Morgan fingerprint density at radius 2 is 1.21 bits per heavy atom. The largest absolute Gasteiger partial charge is 0.481 e. The lowest BCUT2D eigenvalue weighted by Crippen LogP contribution is -2.18. The highest BCUT2D eigenvalue weighted by molar-refractivity contribution is 7.80. The van der Waals surface area contributed by atoms with Crippen LogP contribution in [0.2, 0.25) is 0 Å². The number of hydrogen-bond donors (Lipinski definition) is 2. The van der Waals surface area contributed by atoms with Gasteiger partial charge in [-0.2, -0.15) is 12.6 Å². The summed E-state index contributed by atoms with van der Waals surface area (Å²) in [7, 11) is 0. The molecule has 172 valence electrons. The van der Waals surface area contributed by atoms with Gasteiger partial charge in [-0.25, -0.2) is 0 Å². The Bertz CT molecular complexity index is 386. The quantitative estimate of drug-likeness (QED) is 0.114. The van der Waals surface area contributed by atoms with Crippen LogP contribution >= 0.6 is 12.6 Å². The van der Waals surface area contributed by atoms with Crippen molar-refractivity contribution in [3.05, 3.63) is 0 Å². The third-order valence-corrected chi connectivity index (χ3v) is 5.92. The summed E-state index contributed by atoms with van der Waals surface area (Å²) in [6.07, 6.45) is 18.1. The van der Waals surface area contributed by atoms with Gasteiger partial charge in [0.15, 0.2) is 0 Å². The van der Waals surface area contributed by atoms with Gasteiger partial charge in [0.05, 0.1) is 0 Å². The molecular weight excluding hydrogens is 384 g/mol. The molecule has 0 rings (SSSR count). The lowest BCUT2D eigenvalue weighted by atomic mass is 10.0. The first-order valence-corrected chi connectivity index (χ1v) is 12.6. The van der Waals surface area contributed by atoms with Crippen molar-refractivity contribution >= 4 is 24.6 Å². The van der Waals surface area contributed by atoms with E-state index in [-0.39, 0.29) is 23.7 Å². The van der Waals surface area contributed by atoms with Gasteiger partial charge >= 0.3 is 11.9 Å². The highest BCUT2D eigenvalue weighted by atomic mass is 32.1. The lowest BCUT2D eigenvalue weighted by Gasteiger charge is -2.18. The molecule has 0 aromatic heterocycles. The van der Waals surface area contributed by atoms with Gasteiger partial charge in [0.2, 0.25) is 0 Å². The van der Waals surface area contributed by atoms with Crippen LogP contribution in [0.3, 0.4) is 0 Å². The second-order valence-corrected chi connectivity index (χ2v) is 9.08. The summed E-state index contributed by atoms with van der Waals surface area (Å²) in [5.41, 5.74) is 0. The Hall–Kier alpha value is -0.710. The fourth-order valence-corrected chi connectivity index (χ4v) is 3.94. The number of carbonyl (C=O) groups excluding carboxylic acids is 1. The third-order valence-electron chi connectivity index (χ3n) is 5.40. The molecule has 4 nitrogen and oxygen atoms in total. The summed E-state index contributed by atoms with van der Waals surface area (Å²) in [5, 5.41) is 8.84. The van der Waals surface area contributed by atoms with E-state index in [1.165, 1.54) is 51.4 Å². The standard InChI is InChI=1S/C24H46O4S/c1-3-5-7-9-11-15-21(16-12-10-8-6-4-2)28-24(27)20-14-18-22(29)17-13-19-23(25)26/h21-22,29H,3-20H2,1-2H3,(H,25,26). The van der Waals surface area contributed by atoms with E-state index in [9.17, 15) is 9.59 Å². The second-order valence-electron chi connectivity index (χ2n) is 8.35. The van der Waals surface area contributed by atoms with Crippen molar-refractivity contribution in [2.24, 2.45) is 0 Å². The monoisotopic (exact) mass is 430 g/mol. The molecule has 0 amide bonds. The molecule has 0 saturated carbocycles. The van der Waals surface area contributed by atoms with Gasteiger partial charge in [0, 0.05) is 18.1 Å². The number of unbranched alkanes of at least 4 members (excludes halogenated alkanes) is 8. The molecular formula is C24H46O4S. The van der Waals surface area contributed by atoms with Crippen molar-refractivity contribution in [3.8, 4) is 0 Å². The first-order valence-electron chi connectivity index (χ1n) is 12.1. The van der Waals surface area contributed by atoms with Crippen molar-refractivity contribution in [2.75, 3.05) is 0 Å². The zero-order chi connectivity index (χ0) is 21.7. The molecule has 0 aromatic carbocycles. The molecule has 0 aromatic rings. The predicted molar refractivity (Wildman–Crippen MR) is 125 cm³/mol. The average molecular weight is 431 g/mol. The molecule has 0 spiro atoms. The number of carboxylic acid groups (broad SMARTS) is 1. The molecule has 29 heavy (non-hydrogen) atoms. The second kappa shape index (κ2) is 20.6. The van der Waals surface area contributed by atoms with Gasteiger partial charge in [-0.3, -0.25) is 9.59 Å². The molecule has 0 fully saturated rings. The van der Waals surface area contributed by atoms with Crippen LogP contribution in [0.15, 0.2) is 0 Å². The number of carbonyl (C=O) groups is 2. The van der Waals surface area contributed by atoms with Gasteiger partial charge in [0.1, 0.15) is 6.10 Å². The number of hydrogen-bond acceptors (Lipinski definition) is 4. The lowest BCUT2D eigenvalue weighted by molar-refractivity contribution is -0.150. The van der Waals surface area contributed by atoms with E-state index in [1.54, 1.807) is 0 Å². The number of ether oxygens (including phenoxy) is 1. The van der Waals surface area contributed by atoms with E-state index in [1.807, 2.05) is 0 Å². The number of thiol groups is 1. The minimum atomic E-state index is -0.760. The van der Waals surface area contributed by atoms with E-state index in [0.717, 1.165) is 44.9 Å². The minimum absolute atomic E-state index is 0.0770. The highest BCUT2D eigenvalue weighted by Crippen LogP contribution is 2.19. The van der Waals surface area contributed by atoms with Crippen LogP contribution in [0.4, 0.5) is 0 Å². The molecule has 0 heterocycles. The molecule has 0 radical (unpaired) electrons. The van der Waals surface area contributed by atoms with Crippen LogP contribution < -0.4 is 0 Å². The minimum Gasteiger partial charge on any atom is -0.481 e. The van der Waals surface area contributed by atoms with Crippen molar-refractivity contribution in [1.82, 2.24) is 0 Å². The van der Waals surface area contributed by atoms with Crippen molar-refractivity contribution in [2.45, 2.75) is 141 Å². The first-order chi connectivity index (χ1) is 14.0. The zero-order valence-electron chi connectivity index (χ0n) is 19.0. The topological polar surface area (TPSA) is 63.6 Å². The molecule has 0 aliphatic carbocycles. The van der Waals surface area contributed by atoms with Crippen LogP contribution in [-0.2, 0) is 14.3 Å². The Morgan fingerprint density at radius 3 is 1.69 bits per heavy atom. The maximum absolute atomic E-state index is 12.3. The zero-order valence-corrected chi connectivity index (χ0v) is 19.9. The third kappa shape index (κ3) is 20.3. The normalized spacial score (nSPS) is 12.3. The molecule has 0 aliphatic rings. The van der Waals surface area contributed by atoms with Gasteiger partial charge in [0.25, 0.3) is 0 Å². The van der Waals surface area contributed by atoms with Gasteiger partial charge in [-0.1, -0.05) is 65.2 Å². The number of esters is 1. The van der Waals surface area contributed by atoms with Crippen LogP contribution in [0.25, 0.3) is 0 Å². The summed E-state index contributed by atoms with van der Waals surface area (Å²) in [5.74, 6) is -0.840. The summed E-state index contributed by atoms with van der Waals surface area (Å²) in [6.45, 7) is 4.45. The van der Waals surface area contributed by atoms with E-state index in [2.05, 4.69) is 26.5 Å². The van der Waals surface area contributed by atoms with E-state index in [0.29, 0.717) is 12.8 Å². The van der Waals surface area contributed by atoms with Crippen molar-refractivity contribution in [1.29, 1.82) is 0 Å². The van der Waals surface area contributed by atoms with Gasteiger partial charge < -0.3 is 9.84 Å². The van der Waals surface area contributed by atoms with Gasteiger partial charge in [-0.15, -0.1) is 0 Å². The van der Waals surface area contributed by atoms with Gasteiger partial charge in [-0.05, 0) is 51.4 Å². The Balaban J connectivity index is 4.08. The fraction of sp³-hybridized carbons (Fsp3) is 0.917. The molecule has 0 aliphatic heterocycles. The molecule has 5 heteroatoms. The van der Waals surface area contributed by atoms with Crippen molar-refractivity contribution < 1.29 is 19.4 Å². The summed E-state index contributed by atoms with van der Waals surface area (Å²) < 4.78 is 5.82. The number of carboxylic acids is 1. The Kier molecular flexibility index (Phi) is 20.1. The summed E-state index contributed by atoms with van der Waals surface area (Å²) in [4.78, 5) is 22.8. The van der Waals surface area contributed by atoms with Crippen LogP contribution in [-0.4, -0.2) is 28.4 Å². The van der Waals surface area contributed by atoms with E-state index in [4.69, 9.17) is 9.84 Å². The van der Waals surface area contributed by atoms with Crippen LogP contribution in [0.1, 0.15) is 129 Å². The number of aliphatic carboxylic acids is 1. The molecule has 0 bridgehead atoms. The smallest absolute Gasteiger partial charge is 0.306 e. The summed E-state index contributed by atoms with van der Waals surface area (Å²) in [6, 6.07) is 0. The van der Waals surface area contributed by atoms with Crippen LogP contribution in [0.5, 0.6) is 0 Å². The molecule has 1 N–H and O–H groups in total. The predicted octanol–water partition coefficient (Wildman–Crippen LogP) is 7.34. The molecule has 1 atom stereocenters.